The van der Waals surface area contributed by atoms with Gasteiger partial charge in [0.15, 0.2) is 0 Å². The van der Waals surface area contributed by atoms with Crippen molar-refractivity contribution < 1.29 is 0 Å². The first-order valence-electron chi connectivity index (χ1n) is 3.82. The fourth-order valence-corrected chi connectivity index (χ4v) is 0.842. The predicted octanol–water partition coefficient (Wildman–Crippen LogP) is 1.65. The zero-order chi connectivity index (χ0) is 8.97. The molecule has 1 aromatic heterocycles. The van der Waals surface area contributed by atoms with Crippen molar-refractivity contribution in [3.05, 3.63) is 31.1 Å². The second kappa shape index (κ2) is 3.76. The first kappa shape index (κ1) is 8.59. The largest absolute Gasteiger partial charge is 0.396 e. The molecule has 0 saturated heterocycles. The summed E-state index contributed by atoms with van der Waals surface area (Å²) >= 11 is 0. The van der Waals surface area contributed by atoms with E-state index in [0.717, 1.165) is 5.69 Å². The molecule has 0 aliphatic heterocycles. The Bertz CT molecular complexity index is 270. The average Bonchev–Trinajstić information content (AvgIpc) is 2.09. The maximum absolute atomic E-state index is 5.66. The first-order valence-corrected chi connectivity index (χ1v) is 3.82. The Kier molecular flexibility index (Phi) is 2.69. The molecule has 1 atom stereocenters. The van der Waals surface area contributed by atoms with Gasteiger partial charge in [-0.1, -0.05) is 6.08 Å². The van der Waals surface area contributed by atoms with E-state index in [9.17, 15) is 0 Å². The Hall–Kier alpha value is -1.51. The number of rotatable bonds is 3. The SMILES string of the molecule is C=CC(C)Nc1ccncc1N. The molecule has 0 aliphatic carbocycles. The van der Waals surface area contributed by atoms with Crippen molar-refractivity contribution in [2.45, 2.75) is 13.0 Å². The van der Waals surface area contributed by atoms with Crippen LogP contribution in [0.4, 0.5) is 11.4 Å². The highest BCUT2D eigenvalue weighted by Gasteiger charge is 1.99. The van der Waals surface area contributed by atoms with Gasteiger partial charge >= 0.3 is 0 Å². The van der Waals surface area contributed by atoms with Gasteiger partial charge in [-0.3, -0.25) is 4.98 Å². The van der Waals surface area contributed by atoms with Crippen LogP contribution in [0.3, 0.4) is 0 Å². The molecule has 3 N–H and O–H groups in total. The average molecular weight is 163 g/mol. The Labute approximate surface area is 72.3 Å². The number of anilines is 2. The summed E-state index contributed by atoms with van der Waals surface area (Å²) in [6, 6.07) is 2.06. The Morgan fingerprint density at radius 1 is 1.75 bits per heavy atom. The second-order valence-electron chi connectivity index (χ2n) is 2.63. The predicted molar refractivity (Wildman–Crippen MR) is 51.9 cm³/mol. The van der Waals surface area contributed by atoms with Crippen molar-refractivity contribution in [2.75, 3.05) is 11.1 Å². The zero-order valence-corrected chi connectivity index (χ0v) is 7.12. The van der Waals surface area contributed by atoms with Gasteiger partial charge < -0.3 is 11.1 Å². The Morgan fingerprint density at radius 2 is 2.50 bits per heavy atom. The summed E-state index contributed by atoms with van der Waals surface area (Å²) in [5.74, 6) is 0. The molecule has 0 fully saturated rings. The van der Waals surface area contributed by atoms with Crippen molar-refractivity contribution in [3.8, 4) is 0 Å². The van der Waals surface area contributed by atoms with Gasteiger partial charge in [0.05, 0.1) is 17.6 Å². The van der Waals surface area contributed by atoms with Crippen LogP contribution in [0.25, 0.3) is 0 Å². The van der Waals surface area contributed by atoms with E-state index in [4.69, 9.17) is 5.73 Å². The lowest BCUT2D eigenvalue weighted by molar-refractivity contribution is 1.00. The van der Waals surface area contributed by atoms with Crippen LogP contribution in [0, 0.1) is 0 Å². The number of nitrogen functional groups attached to an aromatic ring is 1. The normalized spacial score (nSPS) is 12.1. The van der Waals surface area contributed by atoms with Crippen molar-refractivity contribution in [2.24, 2.45) is 0 Å². The minimum absolute atomic E-state index is 0.217. The summed E-state index contributed by atoms with van der Waals surface area (Å²) in [5, 5.41) is 3.18. The smallest absolute Gasteiger partial charge is 0.0736 e. The molecule has 3 heteroatoms. The molecule has 0 bridgehead atoms. The monoisotopic (exact) mass is 163 g/mol. The summed E-state index contributed by atoms with van der Waals surface area (Å²) in [7, 11) is 0. The van der Waals surface area contributed by atoms with Gasteiger partial charge in [0.1, 0.15) is 0 Å². The summed E-state index contributed by atoms with van der Waals surface area (Å²) in [6.07, 6.45) is 5.15. The lowest BCUT2D eigenvalue weighted by Crippen LogP contribution is -2.12. The molecule has 0 aliphatic rings. The third-order valence-electron chi connectivity index (χ3n) is 1.59. The van der Waals surface area contributed by atoms with Gasteiger partial charge in [-0.05, 0) is 13.0 Å². The van der Waals surface area contributed by atoms with E-state index in [2.05, 4.69) is 16.9 Å². The molecule has 1 heterocycles. The maximum atomic E-state index is 5.66. The van der Waals surface area contributed by atoms with Crippen molar-refractivity contribution in [3.63, 3.8) is 0 Å². The van der Waals surface area contributed by atoms with Gasteiger partial charge in [0.2, 0.25) is 0 Å². The highest BCUT2D eigenvalue weighted by molar-refractivity contribution is 5.64. The number of nitrogens with zero attached hydrogens (tertiary/aromatic N) is 1. The molecule has 0 radical (unpaired) electrons. The third-order valence-corrected chi connectivity index (χ3v) is 1.59. The summed E-state index contributed by atoms with van der Waals surface area (Å²) in [6.45, 7) is 5.67. The lowest BCUT2D eigenvalue weighted by Gasteiger charge is -2.11. The first-order chi connectivity index (χ1) is 5.74. The van der Waals surface area contributed by atoms with Gasteiger partial charge in [-0.2, -0.15) is 0 Å². The number of nitrogens with one attached hydrogen (secondary N) is 1. The second-order valence-corrected chi connectivity index (χ2v) is 2.63. The molecule has 0 amide bonds. The van der Waals surface area contributed by atoms with Crippen molar-refractivity contribution in [1.82, 2.24) is 4.98 Å². The third kappa shape index (κ3) is 1.99. The molecule has 64 valence electrons. The summed E-state index contributed by atoms with van der Waals surface area (Å²) in [5.41, 5.74) is 7.22. The number of nitrogens with two attached hydrogens (primary N) is 1. The van der Waals surface area contributed by atoms with Gasteiger partial charge in [-0.15, -0.1) is 6.58 Å². The topological polar surface area (TPSA) is 50.9 Å². The van der Waals surface area contributed by atoms with E-state index in [0.29, 0.717) is 5.69 Å². The van der Waals surface area contributed by atoms with Gasteiger partial charge in [-0.25, -0.2) is 0 Å². The molecular formula is C9H13N3. The zero-order valence-electron chi connectivity index (χ0n) is 7.12. The van der Waals surface area contributed by atoms with Gasteiger partial charge in [0.25, 0.3) is 0 Å². The van der Waals surface area contributed by atoms with E-state index in [1.54, 1.807) is 12.4 Å². The highest BCUT2D eigenvalue weighted by Crippen LogP contribution is 2.15. The van der Waals surface area contributed by atoms with Crippen LogP contribution in [-0.2, 0) is 0 Å². The lowest BCUT2D eigenvalue weighted by atomic mass is 10.3. The molecule has 0 aromatic carbocycles. The van der Waals surface area contributed by atoms with E-state index in [1.807, 2.05) is 19.1 Å². The van der Waals surface area contributed by atoms with Crippen LogP contribution < -0.4 is 11.1 Å². The number of hydrogen-bond acceptors (Lipinski definition) is 3. The molecule has 1 unspecified atom stereocenters. The number of aromatic nitrogens is 1. The van der Waals surface area contributed by atoms with E-state index < -0.39 is 0 Å². The summed E-state index contributed by atoms with van der Waals surface area (Å²) < 4.78 is 0. The van der Waals surface area contributed by atoms with Gasteiger partial charge in [0, 0.05) is 12.2 Å². The van der Waals surface area contributed by atoms with E-state index >= 15 is 0 Å². The molecular weight excluding hydrogens is 150 g/mol. The van der Waals surface area contributed by atoms with Crippen LogP contribution in [0.15, 0.2) is 31.1 Å². The summed E-state index contributed by atoms with van der Waals surface area (Å²) in [4.78, 5) is 3.89. The molecule has 0 saturated carbocycles. The van der Waals surface area contributed by atoms with Crippen LogP contribution in [0.5, 0.6) is 0 Å². The van der Waals surface area contributed by atoms with Crippen LogP contribution >= 0.6 is 0 Å². The Balaban J connectivity index is 2.75. The molecule has 3 nitrogen and oxygen atoms in total. The Morgan fingerprint density at radius 3 is 3.08 bits per heavy atom. The van der Waals surface area contributed by atoms with E-state index in [-0.39, 0.29) is 6.04 Å². The van der Waals surface area contributed by atoms with E-state index in [1.165, 1.54) is 0 Å². The maximum Gasteiger partial charge on any atom is 0.0736 e. The standard InChI is InChI=1S/C9H13N3/c1-3-7(2)12-9-4-5-11-6-8(9)10/h3-7H,1,10H2,2H3,(H,11,12). The minimum Gasteiger partial charge on any atom is -0.396 e. The minimum atomic E-state index is 0.217. The quantitative estimate of drug-likeness (QED) is 0.666. The molecule has 0 spiro atoms. The van der Waals surface area contributed by atoms with Crippen molar-refractivity contribution in [1.29, 1.82) is 0 Å². The number of pyridine rings is 1. The fourth-order valence-electron chi connectivity index (χ4n) is 0.842. The molecule has 12 heavy (non-hydrogen) atoms. The van der Waals surface area contributed by atoms with Crippen molar-refractivity contribution >= 4 is 11.4 Å². The molecule has 1 aromatic rings. The molecule has 1 rings (SSSR count). The van der Waals surface area contributed by atoms with Crippen LogP contribution in [-0.4, -0.2) is 11.0 Å². The highest BCUT2D eigenvalue weighted by atomic mass is 14.9. The fraction of sp³-hybridized carbons (Fsp3) is 0.222. The van der Waals surface area contributed by atoms with Crippen LogP contribution in [0.2, 0.25) is 0 Å². The number of hydrogen-bond donors (Lipinski definition) is 2. The van der Waals surface area contributed by atoms with Crippen LogP contribution in [0.1, 0.15) is 6.92 Å².